The van der Waals surface area contributed by atoms with E-state index in [2.05, 4.69) is 25.3 Å². The molecule has 0 atom stereocenters. The van der Waals surface area contributed by atoms with Gasteiger partial charge in [0.1, 0.15) is 11.4 Å². The lowest BCUT2D eigenvalue weighted by Crippen LogP contribution is -2.33. The highest BCUT2D eigenvalue weighted by atomic mass is 16.1. The van der Waals surface area contributed by atoms with Gasteiger partial charge in [0.15, 0.2) is 11.6 Å². The number of H-pyrrole nitrogens is 1. The Kier molecular flexibility index (Phi) is 3.83. The molecule has 0 bridgehead atoms. The molecule has 0 saturated heterocycles. The first-order valence-corrected chi connectivity index (χ1v) is 8.50. The van der Waals surface area contributed by atoms with E-state index in [9.17, 15) is 4.79 Å². The van der Waals surface area contributed by atoms with Crippen molar-refractivity contribution in [3.63, 3.8) is 0 Å². The molecule has 0 radical (unpaired) electrons. The van der Waals surface area contributed by atoms with E-state index in [1.54, 1.807) is 0 Å². The van der Waals surface area contributed by atoms with Gasteiger partial charge >= 0.3 is 0 Å². The molecule has 1 aliphatic carbocycles. The van der Waals surface area contributed by atoms with Crippen LogP contribution in [0.3, 0.4) is 0 Å². The topological polar surface area (TPSA) is 110 Å². The van der Waals surface area contributed by atoms with Gasteiger partial charge in [-0.3, -0.25) is 4.79 Å². The van der Waals surface area contributed by atoms with Gasteiger partial charge in [0, 0.05) is 10.3 Å². The van der Waals surface area contributed by atoms with Crippen LogP contribution in [0.4, 0.5) is 5.82 Å². The Morgan fingerprint density at radius 2 is 2.12 bits per heavy atom. The van der Waals surface area contributed by atoms with Crippen molar-refractivity contribution in [1.29, 1.82) is 0 Å². The predicted octanol–water partition coefficient (Wildman–Crippen LogP) is 3.32. The number of aromatic amines is 1. The number of amides is 1. The van der Waals surface area contributed by atoms with Crippen molar-refractivity contribution < 1.29 is 9.07 Å². The lowest BCUT2D eigenvalue weighted by atomic mass is 10.2. The van der Waals surface area contributed by atoms with Gasteiger partial charge in [0.2, 0.25) is 0 Å². The number of nitrogens with zero attached hydrogens (tertiary/aromatic N) is 3. The fourth-order valence-corrected chi connectivity index (χ4v) is 3.25. The molecule has 134 valence electrons. The van der Waals surface area contributed by atoms with Crippen LogP contribution in [-0.2, 0) is 0 Å². The second-order valence-electron chi connectivity index (χ2n) is 6.55. The van der Waals surface area contributed by atoms with Crippen LogP contribution < -0.4 is 11.1 Å². The van der Waals surface area contributed by atoms with Gasteiger partial charge in [-0.05, 0) is 37.5 Å². The van der Waals surface area contributed by atoms with E-state index in [1.807, 2.05) is 25.1 Å². The summed E-state index contributed by atoms with van der Waals surface area (Å²) < 4.78 is 0. The number of carbonyl (C=O) groups is 1. The van der Waals surface area contributed by atoms with Gasteiger partial charge < -0.3 is 16.0 Å². The van der Waals surface area contributed by atoms with Crippen molar-refractivity contribution in [1.82, 2.24) is 25.3 Å². The van der Waals surface area contributed by atoms with Crippen LogP contribution in [0.5, 0.6) is 0 Å². The fourth-order valence-electron chi connectivity index (χ4n) is 3.25. The van der Waals surface area contributed by atoms with Gasteiger partial charge in [-0.25, -0.2) is 15.0 Å². The van der Waals surface area contributed by atoms with E-state index < -0.39 is 0 Å². The molecule has 3 aromatic rings. The monoisotopic (exact) mass is 342 g/mol. The summed E-state index contributed by atoms with van der Waals surface area (Å²) in [4.78, 5) is 28.7. The lowest BCUT2D eigenvalue weighted by Gasteiger charge is -2.11. The van der Waals surface area contributed by atoms with Crippen LogP contribution in [0, 0.1) is 6.92 Å². The summed E-state index contributed by atoms with van der Waals surface area (Å²) in [6, 6.07) is 6.16. The molecule has 1 aromatic carbocycles. The Morgan fingerprint density at radius 1 is 1.32 bits per heavy atom. The minimum Gasteiger partial charge on any atom is -0.382 e. The third-order valence-corrected chi connectivity index (χ3v) is 4.59. The van der Waals surface area contributed by atoms with Crippen LogP contribution in [-0.4, -0.2) is 31.9 Å². The van der Waals surface area contributed by atoms with Crippen molar-refractivity contribution in [3.05, 3.63) is 35.7 Å². The molecular weight excluding hydrogens is 316 g/mol. The lowest BCUT2D eigenvalue weighted by molar-refractivity contribution is 0.0932. The number of aromatic nitrogens is 4. The average Bonchev–Trinajstić information content (AvgIpc) is 3.24. The second-order valence-corrected chi connectivity index (χ2v) is 6.55. The van der Waals surface area contributed by atoms with Crippen LogP contribution in [0.25, 0.3) is 22.6 Å². The number of hydrogen-bond acceptors (Lipinski definition) is 5. The van der Waals surface area contributed by atoms with Gasteiger partial charge in [-0.15, -0.1) is 0 Å². The molecule has 0 spiro atoms. The minimum atomic E-state index is -0.215. The number of hydrogen-bond donors (Lipinski definition) is 3. The number of benzene rings is 1. The van der Waals surface area contributed by atoms with Crippen LogP contribution in [0.1, 0.15) is 46.0 Å². The van der Waals surface area contributed by atoms with Gasteiger partial charge in [-0.1, -0.05) is 18.9 Å². The molecule has 1 saturated carbocycles. The van der Waals surface area contributed by atoms with Crippen molar-refractivity contribution in [2.45, 2.75) is 38.6 Å². The molecule has 2 heterocycles. The summed E-state index contributed by atoms with van der Waals surface area (Å²) in [6.45, 7) is 2.02. The summed E-state index contributed by atoms with van der Waals surface area (Å²) in [5.74, 6) is 0.543. The Labute approximate surface area is 149 Å². The maximum absolute atomic E-state index is 12.4. The van der Waals surface area contributed by atoms with Crippen LogP contribution >= 0.6 is 0 Å². The smallest absolute Gasteiger partial charge is 0.271 e. The largest absolute Gasteiger partial charge is 0.382 e. The summed E-state index contributed by atoms with van der Waals surface area (Å²) in [5, 5.41) is 3.01. The quantitative estimate of drug-likeness (QED) is 0.676. The summed E-state index contributed by atoms with van der Waals surface area (Å²) >= 11 is 0. The zero-order valence-corrected chi connectivity index (χ0v) is 14.0. The zero-order chi connectivity index (χ0) is 17.4. The normalized spacial score (nSPS) is 14.9. The van der Waals surface area contributed by atoms with Gasteiger partial charge in [-0.2, -0.15) is 0 Å². The van der Waals surface area contributed by atoms with E-state index in [0.717, 1.165) is 42.3 Å². The second kappa shape index (κ2) is 6.16. The Balaban J connectivity index is 0.00000131. The van der Waals surface area contributed by atoms with Crippen molar-refractivity contribution in [2.24, 2.45) is 0 Å². The molecular formula is C18H26N6O. The zero-order valence-electron chi connectivity index (χ0n) is 14.0. The maximum atomic E-state index is 12.4. The number of aryl methyl sites for hydroxylation is 1. The average molecular weight is 342 g/mol. The molecule has 0 unspecified atom stereocenters. The molecule has 4 rings (SSSR count). The molecule has 7 nitrogen and oxygen atoms in total. The van der Waals surface area contributed by atoms with E-state index in [-0.39, 0.29) is 27.7 Å². The molecule has 4 N–H and O–H groups in total. The SMILES string of the molecule is Cc1ccc2nc(-c3nc(C(=O)NC4CCCC4)cnc3N)[nH]c2c1.[HH].[HH].[HH]. The summed E-state index contributed by atoms with van der Waals surface area (Å²) in [5.41, 5.74) is 9.48. The first kappa shape index (κ1) is 15.6. The molecule has 1 fully saturated rings. The first-order valence-electron chi connectivity index (χ1n) is 8.50. The van der Waals surface area contributed by atoms with E-state index in [1.165, 1.54) is 6.20 Å². The molecule has 1 aliphatic rings. The van der Waals surface area contributed by atoms with E-state index in [4.69, 9.17) is 5.73 Å². The summed E-state index contributed by atoms with van der Waals surface area (Å²) in [6.07, 6.45) is 5.76. The predicted molar refractivity (Wildman–Crippen MR) is 102 cm³/mol. The standard InChI is InChI=1S/C18H20N6O.3H2/c1-10-6-7-12-13(8-10)24-17(23-12)15-16(19)20-9-14(22-15)18(25)21-11-4-2-3-5-11;;;/h6-9,11H,2-5H2,1H3,(H2,19,20)(H,21,25)(H,23,24);3*1H. The first-order chi connectivity index (χ1) is 12.1. The number of nitrogen functional groups attached to an aromatic ring is 1. The third kappa shape index (κ3) is 3.05. The Hall–Kier alpha value is -2.96. The number of fused-ring (bicyclic) bond motifs is 1. The van der Waals surface area contributed by atoms with Crippen molar-refractivity contribution in [3.8, 4) is 11.5 Å². The number of imidazole rings is 1. The maximum Gasteiger partial charge on any atom is 0.271 e. The highest BCUT2D eigenvalue weighted by Crippen LogP contribution is 2.23. The van der Waals surface area contributed by atoms with E-state index >= 15 is 0 Å². The fraction of sp³-hybridized carbons (Fsp3) is 0.333. The number of rotatable bonds is 3. The van der Waals surface area contributed by atoms with Gasteiger partial charge in [0.25, 0.3) is 5.91 Å². The number of nitrogens with one attached hydrogen (secondary N) is 2. The number of carbonyl (C=O) groups excluding carboxylic acids is 1. The molecule has 1 amide bonds. The van der Waals surface area contributed by atoms with Gasteiger partial charge in [0.05, 0.1) is 17.2 Å². The highest BCUT2D eigenvalue weighted by molar-refractivity contribution is 5.93. The van der Waals surface area contributed by atoms with Crippen molar-refractivity contribution >= 4 is 22.8 Å². The Bertz CT molecular complexity index is 956. The molecule has 25 heavy (non-hydrogen) atoms. The van der Waals surface area contributed by atoms with E-state index in [0.29, 0.717) is 11.5 Å². The van der Waals surface area contributed by atoms with Crippen LogP contribution in [0.15, 0.2) is 24.4 Å². The molecule has 2 aromatic heterocycles. The minimum absolute atomic E-state index is 0. The molecule has 0 aliphatic heterocycles. The highest BCUT2D eigenvalue weighted by Gasteiger charge is 2.20. The van der Waals surface area contributed by atoms with Crippen LogP contribution in [0.2, 0.25) is 0 Å². The number of nitrogens with two attached hydrogens (primary N) is 1. The third-order valence-electron chi connectivity index (χ3n) is 4.59. The summed E-state index contributed by atoms with van der Waals surface area (Å²) in [7, 11) is 0. The number of anilines is 1. The Morgan fingerprint density at radius 3 is 2.92 bits per heavy atom. The molecule has 7 heteroatoms. The van der Waals surface area contributed by atoms with Crippen molar-refractivity contribution in [2.75, 3.05) is 5.73 Å².